The molecule has 1 N–H and O–H groups in total. The summed E-state index contributed by atoms with van der Waals surface area (Å²) in [6.45, 7) is 2.58. The highest BCUT2D eigenvalue weighted by Gasteiger charge is 2.18. The minimum atomic E-state index is -0.374. The average molecular weight is 418 g/mol. The van der Waals surface area contributed by atoms with Crippen LogP contribution in [0.2, 0.25) is 0 Å². The smallest absolute Gasteiger partial charge is 0.277 e. The van der Waals surface area contributed by atoms with Crippen LogP contribution in [-0.2, 0) is 17.9 Å². The molecule has 0 aliphatic heterocycles. The van der Waals surface area contributed by atoms with E-state index in [9.17, 15) is 14.0 Å². The van der Waals surface area contributed by atoms with Gasteiger partial charge in [0.05, 0.1) is 6.33 Å². The monoisotopic (exact) mass is 418 g/mol. The molecule has 0 saturated heterocycles. The Morgan fingerprint density at radius 1 is 1.06 bits per heavy atom. The van der Waals surface area contributed by atoms with Crippen molar-refractivity contribution >= 4 is 22.6 Å². The topological polar surface area (TPSA) is 68.9 Å². The fraction of sp³-hybridized carbons (Fsp3) is 0.208. The molecule has 7 heteroatoms. The Morgan fingerprint density at radius 2 is 1.81 bits per heavy atom. The van der Waals surface area contributed by atoms with Crippen LogP contribution >= 0.6 is 0 Å². The van der Waals surface area contributed by atoms with Crippen LogP contribution in [-0.4, -0.2) is 20.0 Å². The molecule has 2 heterocycles. The van der Waals surface area contributed by atoms with Gasteiger partial charge in [-0.3, -0.25) is 14.2 Å². The van der Waals surface area contributed by atoms with Crippen LogP contribution in [0.4, 0.5) is 10.1 Å². The molecule has 0 aliphatic carbocycles. The van der Waals surface area contributed by atoms with Crippen molar-refractivity contribution in [1.82, 2.24) is 14.1 Å². The number of rotatable bonds is 7. The highest BCUT2D eigenvalue weighted by atomic mass is 19.1. The molecule has 158 valence electrons. The van der Waals surface area contributed by atoms with Crippen molar-refractivity contribution in [3.05, 3.63) is 83.3 Å². The van der Waals surface area contributed by atoms with Crippen molar-refractivity contribution in [2.24, 2.45) is 0 Å². The van der Waals surface area contributed by atoms with Crippen molar-refractivity contribution in [1.29, 1.82) is 0 Å². The summed E-state index contributed by atoms with van der Waals surface area (Å²) in [6.07, 6.45) is 5.20. The number of nitrogens with one attached hydrogen (secondary N) is 1. The molecule has 0 radical (unpaired) electrons. The lowest BCUT2D eigenvalue weighted by atomic mass is 10.1. The van der Waals surface area contributed by atoms with E-state index < -0.39 is 0 Å². The van der Waals surface area contributed by atoms with E-state index in [0.29, 0.717) is 23.3 Å². The van der Waals surface area contributed by atoms with Gasteiger partial charge in [0, 0.05) is 24.0 Å². The second kappa shape index (κ2) is 8.95. The standard InChI is InChI=1S/C24H23FN4O2/c1-2-3-13-28-16-26-22-20(17-7-5-4-6-8-17)14-29(23(22)24(28)31)15-21(30)27-19-11-9-18(25)10-12-19/h4-12,14,16H,2-3,13,15H2,1H3,(H,27,30). The fourth-order valence-corrected chi connectivity index (χ4v) is 3.55. The van der Waals surface area contributed by atoms with Crippen LogP contribution in [0.25, 0.3) is 22.2 Å². The van der Waals surface area contributed by atoms with Crippen LogP contribution in [0.5, 0.6) is 0 Å². The lowest BCUT2D eigenvalue weighted by molar-refractivity contribution is -0.116. The summed E-state index contributed by atoms with van der Waals surface area (Å²) in [4.78, 5) is 30.4. The molecule has 0 atom stereocenters. The molecule has 31 heavy (non-hydrogen) atoms. The van der Waals surface area contributed by atoms with Crippen molar-refractivity contribution in [2.75, 3.05) is 5.32 Å². The van der Waals surface area contributed by atoms with Crippen LogP contribution in [0, 0.1) is 5.82 Å². The molecule has 2 aromatic carbocycles. The van der Waals surface area contributed by atoms with E-state index in [4.69, 9.17) is 0 Å². The lowest BCUT2D eigenvalue weighted by Crippen LogP contribution is -2.25. The predicted molar refractivity (Wildman–Crippen MR) is 119 cm³/mol. The Morgan fingerprint density at radius 3 is 2.52 bits per heavy atom. The predicted octanol–water partition coefficient (Wildman–Crippen LogP) is 4.44. The Labute approximate surface area is 179 Å². The van der Waals surface area contributed by atoms with Gasteiger partial charge in [-0.25, -0.2) is 9.37 Å². The van der Waals surface area contributed by atoms with Crippen LogP contribution < -0.4 is 10.9 Å². The number of amides is 1. The summed E-state index contributed by atoms with van der Waals surface area (Å²) >= 11 is 0. The number of aromatic nitrogens is 3. The summed E-state index contributed by atoms with van der Waals surface area (Å²) in [5.74, 6) is -0.688. The van der Waals surface area contributed by atoms with E-state index in [-0.39, 0.29) is 23.8 Å². The van der Waals surface area contributed by atoms with Gasteiger partial charge < -0.3 is 9.88 Å². The van der Waals surface area contributed by atoms with Crippen LogP contribution in [0.1, 0.15) is 19.8 Å². The number of benzene rings is 2. The van der Waals surface area contributed by atoms with Gasteiger partial charge in [-0.15, -0.1) is 0 Å². The Balaban J connectivity index is 1.74. The van der Waals surface area contributed by atoms with Gasteiger partial charge >= 0.3 is 0 Å². The van der Waals surface area contributed by atoms with E-state index >= 15 is 0 Å². The van der Waals surface area contributed by atoms with Gasteiger partial charge in [-0.05, 0) is 36.2 Å². The van der Waals surface area contributed by atoms with Gasteiger partial charge in [0.2, 0.25) is 5.91 Å². The number of unbranched alkanes of at least 4 members (excludes halogenated alkanes) is 1. The SMILES string of the molecule is CCCCn1cnc2c(-c3ccccc3)cn(CC(=O)Nc3ccc(F)cc3)c2c1=O. The maximum absolute atomic E-state index is 13.2. The molecule has 0 spiro atoms. The molecule has 4 rings (SSSR count). The number of hydrogen-bond donors (Lipinski definition) is 1. The second-order valence-electron chi connectivity index (χ2n) is 7.39. The third kappa shape index (κ3) is 4.40. The zero-order chi connectivity index (χ0) is 21.8. The maximum atomic E-state index is 13.2. The normalized spacial score (nSPS) is 11.0. The first-order valence-corrected chi connectivity index (χ1v) is 10.3. The Hall–Kier alpha value is -3.74. The number of aryl methyl sites for hydroxylation is 1. The molecule has 2 aromatic heterocycles. The molecule has 4 aromatic rings. The molecular formula is C24H23FN4O2. The first kappa shape index (κ1) is 20.5. The van der Waals surface area contributed by atoms with Gasteiger partial charge in [0.1, 0.15) is 23.4 Å². The fourth-order valence-electron chi connectivity index (χ4n) is 3.55. The van der Waals surface area contributed by atoms with Gasteiger partial charge in [0.25, 0.3) is 5.56 Å². The summed E-state index contributed by atoms with van der Waals surface area (Å²) in [5, 5.41) is 2.74. The Bertz CT molecular complexity index is 1260. The number of fused-ring (bicyclic) bond motifs is 1. The van der Waals surface area contributed by atoms with E-state index in [2.05, 4.69) is 17.2 Å². The number of hydrogen-bond acceptors (Lipinski definition) is 3. The number of halogens is 1. The average Bonchev–Trinajstić information content (AvgIpc) is 3.14. The van der Waals surface area contributed by atoms with Crippen LogP contribution in [0.3, 0.4) is 0 Å². The third-order valence-electron chi connectivity index (χ3n) is 5.12. The van der Waals surface area contributed by atoms with Crippen molar-refractivity contribution < 1.29 is 9.18 Å². The maximum Gasteiger partial charge on any atom is 0.277 e. The van der Waals surface area contributed by atoms with Crippen molar-refractivity contribution in [3.63, 3.8) is 0 Å². The Kier molecular flexibility index (Phi) is 5.93. The number of nitrogens with zero attached hydrogens (tertiary/aromatic N) is 3. The van der Waals surface area contributed by atoms with Crippen molar-refractivity contribution in [2.45, 2.75) is 32.9 Å². The summed E-state index contributed by atoms with van der Waals surface area (Å²) in [7, 11) is 0. The molecule has 0 unspecified atom stereocenters. The summed E-state index contributed by atoms with van der Waals surface area (Å²) in [6, 6.07) is 15.2. The zero-order valence-corrected chi connectivity index (χ0v) is 17.2. The molecule has 1 amide bonds. The van der Waals surface area contributed by atoms with E-state index in [1.165, 1.54) is 24.3 Å². The summed E-state index contributed by atoms with van der Waals surface area (Å²) in [5.41, 5.74) is 3.00. The van der Waals surface area contributed by atoms with Crippen LogP contribution in [0.15, 0.2) is 71.9 Å². The van der Waals surface area contributed by atoms with Gasteiger partial charge in [-0.1, -0.05) is 43.7 Å². The minimum Gasteiger partial charge on any atom is -0.332 e. The largest absolute Gasteiger partial charge is 0.332 e. The molecule has 6 nitrogen and oxygen atoms in total. The second-order valence-corrected chi connectivity index (χ2v) is 7.39. The molecule has 0 fully saturated rings. The van der Waals surface area contributed by atoms with Crippen molar-refractivity contribution in [3.8, 4) is 11.1 Å². The number of carbonyl (C=O) groups excluding carboxylic acids is 1. The zero-order valence-electron chi connectivity index (χ0n) is 17.2. The van der Waals surface area contributed by atoms with E-state index in [1.807, 2.05) is 30.3 Å². The number of anilines is 1. The quantitative estimate of drug-likeness (QED) is 0.482. The molecule has 0 aliphatic rings. The highest BCUT2D eigenvalue weighted by Crippen LogP contribution is 2.27. The number of carbonyl (C=O) groups is 1. The minimum absolute atomic E-state index is 0.0601. The highest BCUT2D eigenvalue weighted by molar-refractivity contribution is 5.95. The molecule has 0 saturated carbocycles. The van der Waals surface area contributed by atoms with Gasteiger partial charge in [0.15, 0.2) is 0 Å². The third-order valence-corrected chi connectivity index (χ3v) is 5.12. The van der Waals surface area contributed by atoms with Gasteiger partial charge in [-0.2, -0.15) is 0 Å². The first-order valence-electron chi connectivity index (χ1n) is 10.3. The first-order chi connectivity index (χ1) is 15.1. The molecular weight excluding hydrogens is 395 g/mol. The lowest BCUT2D eigenvalue weighted by Gasteiger charge is -2.08. The molecule has 0 bridgehead atoms. The van der Waals surface area contributed by atoms with E-state index in [1.54, 1.807) is 21.7 Å². The summed E-state index contributed by atoms with van der Waals surface area (Å²) < 4.78 is 16.4. The van der Waals surface area contributed by atoms with E-state index in [0.717, 1.165) is 24.0 Å².